The van der Waals surface area contributed by atoms with Crippen molar-refractivity contribution in [3.05, 3.63) is 33.7 Å². The Bertz CT molecular complexity index is 438. The zero-order valence-electron chi connectivity index (χ0n) is 11.7. The Balaban J connectivity index is 0.00000154. The van der Waals surface area contributed by atoms with Crippen molar-refractivity contribution in [1.29, 1.82) is 0 Å². The van der Waals surface area contributed by atoms with Gasteiger partial charge in [-0.25, -0.2) is 0 Å². The molecule has 0 amide bonds. The molecule has 0 saturated carbocycles. The van der Waals surface area contributed by atoms with Crippen LogP contribution in [0, 0.1) is 0 Å². The predicted molar refractivity (Wildman–Crippen MR) is 68.3 cm³/mol. The molecule has 1 aromatic rings. The van der Waals surface area contributed by atoms with Gasteiger partial charge in [0.2, 0.25) is 0 Å². The first-order valence-electron chi connectivity index (χ1n) is 6.19. The molecular formula is C13H20F3NO2. The molecule has 0 aliphatic heterocycles. The largest absolute Gasteiger partial charge is 0.417 e. The van der Waals surface area contributed by atoms with Crippen LogP contribution in [-0.4, -0.2) is 18.3 Å². The molecule has 1 rings (SSSR count). The third-order valence-electron chi connectivity index (χ3n) is 2.40. The second-order valence-corrected chi connectivity index (χ2v) is 3.60. The van der Waals surface area contributed by atoms with Gasteiger partial charge in [-0.05, 0) is 12.5 Å². The van der Waals surface area contributed by atoms with Crippen molar-refractivity contribution in [2.75, 3.05) is 13.7 Å². The van der Waals surface area contributed by atoms with E-state index in [1.807, 2.05) is 13.8 Å². The van der Waals surface area contributed by atoms with Crippen molar-refractivity contribution in [1.82, 2.24) is 4.57 Å². The molecule has 0 saturated heterocycles. The molecular weight excluding hydrogens is 259 g/mol. The molecule has 0 N–H and O–H groups in total. The molecule has 0 bridgehead atoms. The number of rotatable bonds is 4. The molecule has 0 atom stereocenters. The van der Waals surface area contributed by atoms with Crippen LogP contribution in [0.4, 0.5) is 13.2 Å². The average Bonchev–Trinajstić information content (AvgIpc) is 2.38. The van der Waals surface area contributed by atoms with Crippen LogP contribution in [0.1, 0.15) is 31.9 Å². The van der Waals surface area contributed by atoms with Crippen LogP contribution < -0.4 is 5.56 Å². The van der Waals surface area contributed by atoms with Crippen molar-refractivity contribution in [3.8, 4) is 0 Å². The summed E-state index contributed by atoms with van der Waals surface area (Å²) in [7, 11) is 1.43. The third-order valence-corrected chi connectivity index (χ3v) is 2.40. The molecule has 0 unspecified atom stereocenters. The standard InChI is InChI=1S/C11H14F3NO2.C2H6/c1-3-8-6-9(11(12,13)14)7-15(10(8)16)4-5-17-2;1-2/h6-7H,3-5H2,1-2H3;1-2H3. The highest BCUT2D eigenvalue weighted by atomic mass is 19.4. The summed E-state index contributed by atoms with van der Waals surface area (Å²) in [5.74, 6) is 0. The van der Waals surface area contributed by atoms with Crippen molar-refractivity contribution in [3.63, 3.8) is 0 Å². The number of halogens is 3. The van der Waals surface area contributed by atoms with Gasteiger partial charge in [0, 0.05) is 25.4 Å². The number of pyridine rings is 1. The van der Waals surface area contributed by atoms with E-state index in [1.165, 1.54) is 7.11 Å². The smallest absolute Gasteiger partial charge is 0.383 e. The first-order valence-corrected chi connectivity index (χ1v) is 6.19. The minimum atomic E-state index is -4.44. The van der Waals surface area contributed by atoms with Crippen LogP contribution in [0.5, 0.6) is 0 Å². The maximum absolute atomic E-state index is 12.6. The van der Waals surface area contributed by atoms with Gasteiger partial charge in [0.25, 0.3) is 5.56 Å². The second kappa shape index (κ2) is 7.99. The van der Waals surface area contributed by atoms with E-state index in [2.05, 4.69) is 0 Å². The first-order chi connectivity index (χ1) is 8.90. The maximum Gasteiger partial charge on any atom is 0.417 e. The number of hydrogen-bond donors (Lipinski definition) is 0. The third kappa shape index (κ3) is 5.06. The number of hydrogen-bond acceptors (Lipinski definition) is 2. The fraction of sp³-hybridized carbons (Fsp3) is 0.615. The van der Waals surface area contributed by atoms with Gasteiger partial charge in [-0.1, -0.05) is 20.8 Å². The summed E-state index contributed by atoms with van der Waals surface area (Å²) >= 11 is 0. The molecule has 19 heavy (non-hydrogen) atoms. The summed E-state index contributed by atoms with van der Waals surface area (Å²) < 4.78 is 43.6. The lowest BCUT2D eigenvalue weighted by molar-refractivity contribution is -0.138. The van der Waals surface area contributed by atoms with Gasteiger partial charge in [0.15, 0.2) is 0 Å². The second-order valence-electron chi connectivity index (χ2n) is 3.60. The van der Waals surface area contributed by atoms with E-state index in [0.717, 1.165) is 16.8 Å². The van der Waals surface area contributed by atoms with E-state index in [0.29, 0.717) is 0 Å². The van der Waals surface area contributed by atoms with Crippen molar-refractivity contribution in [2.45, 2.75) is 39.9 Å². The number of ether oxygens (including phenoxy) is 1. The molecule has 0 radical (unpaired) electrons. The topological polar surface area (TPSA) is 31.2 Å². The zero-order valence-corrected chi connectivity index (χ0v) is 11.7. The molecule has 0 spiro atoms. The fourth-order valence-electron chi connectivity index (χ4n) is 1.46. The van der Waals surface area contributed by atoms with Crippen LogP contribution in [0.25, 0.3) is 0 Å². The molecule has 6 heteroatoms. The van der Waals surface area contributed by atoms with E-state index in [-0.39, 0.29) is 25.1 Å². The van der Waals surface area contributed by atoms with Gasteiger partial charge in [0.05, 0.1) is 12.2 Å². The van der Waals surface area contributed by atoms with Crippen LogP contribution >= 0.6 is 0 Å². The predicted octanol–water partition coefficient (Wildman–Crippen LogP) is 3.10. The highest BCUT2D eigenvalue weighted by Gasteiger charge is 2.31. The lowest BCUT2D eigenvalue weighted by Crippen LogP contribution is -2.27. The normalized spacial score (nSPS) is 10.9. The number of aromatic nitrogens is 1. The maximum atomic E-state index is 12.6. The summed E-state index contributed by atoms with van der Waals surface area (Å²) in [6.45, 7) is 5.97. The van der Waals surface area contributed by atoms with Gasteiger partial charge < -0.3 is 9.30 Å². The summed E-state index contributed by atoms with van der Waals surface area (Å²) in [6, 6.07) is 0.908. The molecule has 0 fully saturated rings. The Kier molecular flexibility index (Phi) is 7.44. The van der Waals surface area contributed by atoms with E-state index in [4.69, 9.17) is 4.74 Å². The van der Waals surface area contributed by atoms with E-state index in [1.54, 1.807) is 6.92 Å². The van der Waals surface area contributed by atoms with Gasteiger partial charge in [-0.3, -0.25) is 4.79 Å². The molecule has 3 nitrogen and oxygen atoms in total. The van der Waals surface area contributed by atoms with Crippen LogP contribution in [-0.2, 0) is 23.9 Å². The monoisotopic (exact) mass is 279 g/mol. The number of alkyl halides is 3. The first kappa shape index (κ1) is 17.7. The molecule has 0 aromatic carbocycles. The number of aryl methyl sites for hydroxylation is 1. The quantitative estimate of drug-likeness (QED) is 0.848. The fourth-order valence-corrected chi connectivity index (χ4v) is 1.46. The average molecular weight is 279 g/mol. The Morgan fingerprint density at radius 2 is 1.89 bits per heavy atom. The molecule has 0 aliphatic carbocycles. The van der Waals surface area contributed by atoms with Crippen LogP contribution in [0.2, 0.25) is 0 Å². The summed E-state index contributed by atoms with van der Waals surface area (Å²) in [5.41, 5.74) is -1.03. The van der Waals surface area contributed by atoms with Crippen LogP contribution in [0.3, 0.4) is 0 Å². The molecule has 1 aromatic heterocycles. The highest BCUT2D eigenvalue weighted by molar-refractivity contribution is 5.21. The molecule has 1 heterocycles. The van der Waals surface area contributed by atoms with Crippen LogP contribution in [0.15, 0.2) is 17.1 Å². The Morgan fingerprint density at radius 3 is 2.32 bits per heavy atom. The SMILES string of the molecule is CC.CCc1cc(C(F)(F)F)cn(CCOC)c1=O. The molecule has 0 aliphatic rings. The zero-order chi connectivity index (χ0) is 15.1. The van der Waals surface area contributed by atoms with Crippen molar-refractivity contribution >= 4 is 0 Å². The van der Waals surface area contributed by atoms with E-state index < -0.39 is 17.3 Å². The van der Waals surface area contributed by atoms with Gasteiger partial charge in [-0.2, -0.15) is 13.2 Å². The lowest BCUT2D eigenvalue weighted by Gasteiger charge is -2.12. The van der Waals surface area contributed by atoms with E-state index >= 15 is 0 Å². The summed E-state index contributed by atoms with van der Waals surface area (Å²) in [6.07, 6.45) is -3.33. The Labute approximate surface area is 111 Å². The van der Waals surface area contributed by atoms with Gasteiger partial charge >= 0.3 is 6.18 Å². The van der Waals surface area contributed by atoms with Gasteiger partial charge in [-0.15, -0.1) is 0 Å². The van der Waals surface area contributed by atoms with E-state index in [9.17, 15) is 18.0 Å². The highest BCUT2D eigenvalue weighted by Crippen LogP contribution is 2.28. The minimum Gasteiger partial charge on any atom is -0.383 e. The van der Waals surface area contributed by atoms with Gasteiger partial charge in [0.1, 0.15) is 0 Å². The van der Waals surface area contributed by atoms with Crippen molar-refractivity contribution < 1.29 is 17.9 Å². The Morgan fingerprint density at radius 1 is 1.32 bits per heavy atom. The minimum absolute atomic E-state index is 0.117. The summed E-state index contributed by atoms with van der Waals surface area (Å²) in [4.78, 5) is 11.7. The summed E-state index contributed by atoms with van der Waals surface area (Å²) in [5, 5.41) is 0. The molecule has 110 valence electrons. The van der Waals surface area contributed by atoms with Crippen molar-refractivity contribution in [2.24, 2.45) is 0 Å². The Hall–Kier alpha value is -1.30. The number of nitrogens with zero attached hydrogens (tertiary/aromatic N) is 1. The number of methoxy groups -OCH3 is 1. The lowest BCUT2D eigenvalue weighted by atomic mass is 10.1.